The first kappa shape index (κ1) is 19.8. The highest BCUT2D eigenvalue weighted by Crippen LogP contribution is 2.38. The molecule has 9 heteroatoms. The molecule has 0 saturated carbocycles. The molecule has 0 radical (unpaired) electrons. The minimum Gasteiger partial charge on any atom is -0.486 e. The van der Waals surface area contributed by atoms with Gasteiger partial charge in [-0.3, -0.25) is 0 Å². The summed E-state index contributed by atoms with van der Waals surface area (Å²) < 4.78 is 5.78. The third-order valence-electron chi connectivity index (χ3n) is 5.65. The van der Waals surface area contributed by atoms with E-state index in [0.29, 0.717) is 35.9 Å². The molecule has 0 aliphatic carbocycles. The van der Waals surface area contributed by atoms with Crippen molar-refractivity contribution in [3.63, 3.8) is 0 Å². The molecule has 8 nitrogen and oxygen atoms in total. The average Bonchev–Trinajstić information content (AvgIpc) is 2.80. The number of ether oxygens (including phenoxy) is 1. The van der Waals surface area contributed by atoms with E-state index in [2.05, 4.69) is 30.1 Å². The second-order valence-electron chi connectivity index (χ2n) is 7.76. The monoisotopic (exact) mass is 437 g/mol. The smallest absolute Gasteiger partial charge is 0.225 e. The van der Waals surface area contributed by atoms with E-state index in [0.717, 1.165) is 48.9 Å². The number of hydrogen-bond donors (Lipinski definition) is 1. The van der Waals surface area contributed by atoms with Crippen molar-refractivity contribution in [3.05, 3.63) is 53.6 Å². The molecule has 2 aromatic heterocycles. The number of nitrogens with zero attached hydrogens (tertiary/aromatic N) is 6. The summed E-state index contributed by atoms with van der Waals surface area (Å²) in [5.41, 5.74) is 1.91. The van der Waals surface area contributed by atoms with Crippen molar-refractivity contribution in [3.8, 4) is 5.75 Å². The number of nitrogens with one attached hydrogen (secondary N) is 1. The number of aromatic nitrogens is 4. The van der Waals surface area contributed by atoms with Crippen LogP contribution in [0.4, 0.5) is 23.3 Å². The van der Waals surface area contributed by atoms with Crippen molar-refractivity contribution >= 4 is 34.9 Å². The van der Waals surface area contributed by atoms with Crippen molar-refractivity contribution in [2.24, 2.45) is 0 Å². The molecule has 2 aliphatic rings. The van der Waals surface area contributed by atoms with Gasteiger partial charge < -0.3 is 19.9 Å². The van der Waals surface area contributed by atoms with Crippen molar-refractivity contribution in [2.45, 2.75) is 25.8 Å². The van der Waals surface area contributed by atoms with Gasteiger partial charge in [-0.2, -0.15) is 4.98 Å². The maximum absolute atomic E-state index is 6.44. The predicted octanol–water partition coefficient (Wildman–Crippen LogP) is 3.84. The van der Waals surface area contributed by atoms with Crippen LogP contribution in [0.3, 0.4) is 0 Å². The summed E-state index contributed by atoms with van der Waals surface area (Å²) in [6.45, 7) is 5.09. The highest BCUT2D eigenvalue weighted by molar-refractivity contribution is 6.33. The molecule has 1 saturated heterocycles. The first-order valence-electron chi connectivity index (χ1n) is 10.5. The summed E-state index contributed by atoms with van der Waals surface area (Å²) in [4.78, 5) is 22.2. The van der Waals surface area contributed by atoms with Gasteiger partial charge in [-0.25, -0.2) is 15.0 Å². The van der Waals surface area contributed by atoms with Gasteiger partial charge in [0.05, 0.1) is 23.5 Å². The van der Waals surface area contributed by atoms with E-state index in [4.69, 9.17) is 21.3 Å². The summed E-state index contributed by atoms with van der Waals surface area (Å²) in [7, 11) is 0. The molecular weight excluding hydrogens is 414 g/mol. The summed E-state index contributed by atoms with van der Waals surface area (Å²) >= 11 is 6.44. The molecule has 2 aliphatic heterocycles. The number of benzene rings is 1. The number of aryl methyl sites for hydroxylation is 1. The molecule has 0 amide bonds. The molecular formula is C22H24ClN7O. The third-order valence-corrected chi connectivity index (χ3v) is 5.97. The van der Waals surface area contributed by atoms with Crippen LogP contribution in [0.2, 0.25) is 5.02 Å². The van der Waals surface area contributed by atoms with Crippen molar-refractivity contribution < 1.29 is 4.74 Å². The summed E-state index contributed by atoms with van der Waals surface area (Å²) in [6.07, 6.45) is 5.33. The van der Waals surface area contributed by atoms with E-state index in [1.807, 2.05) is 37.3 Å². The zero-order chi connectivity index (χ0) is 21.2. The predicted molar refractivity (Wildman–Crippen MR) is 122 cm³/mol. The number of hydrogen-bond acceptors (Lipinski definition) is 8. The van der Waals surface area contributed by atoms with Gasteiger partial charge in [-0.05, 0) is 31.9 Å². The molecule has 0 bridgehead atoms. The molecule has 0 unspecified atom stereocenters. The lowest BCUT2D eigenvalue weighted by molar-refractivity contribution is 0.310. The van der Waals surface area contributed by atoms with Crippen molar-refractivity contribution in [1.29, 1.82) is 0 Å². The van der Waals surface area contributed by atoms with Crippen LogP contribution in [0.15, 0.2) is 42.9 Å². The second-order valence-corrected chi connectivity index (χ2v) is 8.16. The minimum absolute atomic E-state index is 0.301. The molecule has 3 aromatic rings. The van der Waals surface area contributed by atoms with E-state index in [1.165, 1.54) is 0 Å². The van der Waals surface area contributed by atoms with Crippen LogP contribution in [0.5, 0.6) is 5.75 Å². The van der Waals surface area contributed by atoms with Crippen LogP contribution in [0.25, 0.3) is 0 Å². The quantitative estimate of drug-likeness (QED) is 0.659. The first-order chi connectivity index (χ1) is 15.2. The number of rotatable bonds is 4. The normalized spacial score (nSPS) is 16.6. The summed E-state index contributed by atoms with van der Waals surface area (Å²) in [6, 6.07) is 10.1. The van der Waals surface area contributed by atoms with Crippen LogP contribution in [0.1, 0.15) is 18.5 Å². The van der Waals surface area contributed by atoms with Crippen LogP contribution >= 0.6 is 11.6 Å². The second kappa shape index (κ2) is 8.55. The fourth-order valence-corrected chi connectivity index (χ4v) is 4.27. The molecule has 5 rings (SSSR count). The Morgan fingerprint density at radius 1 is 1.10 bits per heavy atom. The molecule has 31 heavy (non-hydrogen) atoms. The van der Waals surface area contributed by atoms with E-state index in [1.54, 1.807) is 12.5 Å². The zero-order valence-corrected chi connectivity index (χ0v) is 18.1. The zero-order valence-electron chi connectivity index (χ0n) is 17.3. The molecule has 1 aromatic carbocycles. The van der Waals surface area contributed by atoms with Crippen molar-refractivity contribution in [2.75, 3.05) is 41.4 Å². The Labute approximate surface area is 186 Å². The van der Waals surface area contributed by atoms with E-state index < -0.39 is 0 Å². The molecule has 4 heterocycles. The fourth-order valence-electron chi connectivity index (χ4n) is 4.03. The Morgan fingerprint density at radius 3 is 2.74 bits per heavy atom. The maximum atomic E-state index is 6.44. The number of fused-ring (bicyclic) bond motifs is 1. The van der Waals surface area contributed by atoms with E-state index in [-0.39, 0.29) is 0 Å². The van der Waals surface area contributed by atoms with Crippen molar-refractivity contribution in [1.82, 2.24) is 19.9 Å². The Bertz CT molecular complexity index is 1070. The SMILES string of the molecule is Cc1cc(N2CCC(Nc3ncc4c(n3)N(c3ccccc3Cl)CCO4)CC2)ncn1. The highest BCUT2D eigenvalue weighted by atomic mass is 35.5. The number of anilines is 4. The number of para-hydroxylation sites is 1. The Balaban J connectivity index is 1.29. The highest BCUT2D eigenvalue weighted by Gasteiger charge is 2.25. The molecule has 0 atom stereocenters. The molecule has 1 fully saturated rings. The minimum atomic E-state index is 0.301. The number of halogens is 1. The number of piperidine rings is 1. The first-order valence-corrected chi connectivity index (χ1v) is 10.9. The lowest BCUT2D eigenvalue weighted by Crippen LogP contribution is -2.40. The van der Waals surface area contributed by atoms with Gasteiger partial charge in [0.2, 0.25) is 5.95 Å². The standard InChI is InChI=1S/C22H24ClN7O/c1-15-12-20(26-14-25-15)29-8-6-16(7-9-29)27-22-24-13-19-21(28-22)30(10-11-31-19)18-5-3-2-4-17(18)23/h2-5,12-14,16H,6-11H2,1H3,(H,24,27,28). The fraction of sp³-hybridized carbons (Fsp3) is 0.364. The average molecular weight is 438 g/mol. The lowest BCUT2D eigenvalue weighted by atomic mass is 10.1. The Hall–Kier alpha value is -3.13. The molecule has 0 spiro atoms. The van der Waals surface area contributed by atoms with Crippen LogP contribution < -0.4 is 19.9 Å². The van der Waals surface area contributed by atoms with Gasteiger partial charge in [0.1, 0.15) is 18.8 Å². The Kier molecular flexibility index (Phi) is 5.46. The topological polar surface area (TPSA) is 79.3 Å². The maximum Gasteiger partial charge on any atom is 0.225 e. The molecule has 160 valence electrons. The van der Waals surface area contributed by atoms with Crippen LogP contribution in [0, 0.1) is 6.92 Å². The molecule has 1 N–H and O–H groups in total. The van der Waals surface area contributed by atoms with Gasteiger partial charge in [-0.1, -0.05) is 23.7 Å². The summed E-state index contributed by atoms with van der Waals surface area (Å²) in [5.74, 6) is 3.01. The van der Waals surface area contributed by atoms with Gasteiger partial charge >= 0.3 is 0 Å². The largest absolute Gasteiger partial charge is 0.486 e. The van der Waals surface area contributed by atoms with Gasteiger partial charge in [-0.15, -0.1) is 0 Å². The van der Waals surface area contributed by atoms with Gasteiger partial charge in [0.25, 0.3) is 0 Å². The van der Waals surface area contributed by atoms with E-state index in [9.17, 15) is 0 Å². The summed E-state index contributed by atoms with van der Waals surface area (Å²) in [5, 5.41) is 4.19. The lowest BCUT2D eigenvalue weighted by Gasteiger charge is -2.34. The van der Waals surface area contributed by atoms with Crippen LogP contribution in [-0.4, -0.2) is 52.2 Å². The van der Waals surface area contributed by atoms with Crippen LogP contribution in [-0.2, 0) is 0 Å². The van der Waals surface area contributed by atoms with E-state index >= 15 is 0 Å². The third kappa shape index (κ3) is 4.20. The van der Waals surface area contributed by atoms with Gasteiger partial charge in [0.15, 0.2) is 11.6 Å². The Morgan fingerprint density at radius 2 is 1.94 bits per heavy atom. The van der Waals surface area contributed by atoms with Gasteiger partial charge in [0, 0.05) is 30.9 Å².